The van der Waals surface area contributed by atoms with Crippen molar-refractivity contribution in [2.24, 2.45) is 0 Å². The van der Waals surface area contributed by atoms with Gasteiger partial charge in [0.05, 0.1) is 16.5 Å². The largest absolute Gasteiger partial charge is 0.324 e. The van der Waals surface area contributed by atoms with E-state index < -0.39 is 5.82 Å². The molecule has 0 radical (unpaired) electrons. The number of amides is 1. The Morgan fingerprint density at radius 3 is 3.00 bits per heavy atom. The molecule has 20 heavy (non-hydrogen) atoms. The number of thioether (sulfide) groups is 2. The highest BCUT2D eigenvalue weighted by molar-refractivity contribution is 8.01. The van der Waals surface area contributed by atoms with Crippen molar-refractivity contribution in [3.8, 4) is 0 Å². The van der Waals surface area contributed by atoms with Crippen LogP contribution in [0.1, 0.15) is 0 Å². The number of hydrogen-bond acceptors (Lipinski definition) is 6. The Morgan fingerprint density at radius 1 is 1.55 bits per heavy atom. The third-order valence-corrected chi connectivity index (χ3v) is 4.91. The molecular formula is C11H9ClFN3OS3. The van der Waals surface area contributed by atoms with Crippen LogP contribution in [0.4, 0.5) is 10.1 Å². The number of nitrogens with zero attached hydrogens (tertiary/aromatic N) is 2. The van der Waals surface area contributed by atoms with E-state index in [1.807, 2.05) is 6.26 Å². The Morgan fingerprint density at radius 2 is 2.35 bits per heavy atom. The van der Waals surface area contributed by atoms with Gasteiger partial charge in [-0.05, 0) is 36.0 Å². The minimum Gasteiger partial charge on any atom is -0.324 e. The highest BCUT2D eigenvalue weighted by atomic mass is 35.5. The molecule has 0 unspecified atom stereocenters. The maximum Gasteiger partial charge on any atom is 0.234 e. The molecular weight excluding hydrogens is 341 g/mol. The molecule has 2 aromatic rings. The number of halogens is 2. The van der Waals surface area contributed by atoms with Crippen LogP contribution in [0.25, 0.3) is 0 Å². The van der Waals surface area contributed by atoms with E-state index in [9.17, 15) is 9.18 Å². The lowest BCUT2D eigenvalue weighted by Gasteiger charge is -2.06. The van der Waals surface area contributed by atoms with Crippen molar-refractivity contribution in [3.05, 3.63) is 29.0 Å². The lowest BCUT2D eigenvalue weighted by Crippen LogP contribution is -2.14. The fourth-order valence-corrected chi connectivity index (χ4v) is 3.47. The molecule has 9 heteroatoms. The average Bonchev–Trinajstić information content (AvgIpc) is 2.88. The third kappa shape index (κ3) is 4.34. The van der Waals surface area contributed by atoms with Crippen molar-refractivity contribution in [2.75, 3.05) is 17.3 Å². The van der Waals surface area contributed by atoms with Crippen LogP contribution in [0.5, 0.6) is 0 Å². The van der Waals surface area contributed by atoms with Crippen molar-refractivity contribution < 1.29 is 9.18 Å². The van der Waals surface area contributed by atoms with Crippen molar-refractivity contribution in [3.63, 3.8) is 0 Å². The van der Waals surface area contributed by atoms with Gasteiger partial charge in [0.25, 0.3) is 0 Å². The van der Waals surface area contributed by atoms with Gasteiger partial charge in [0.2, 0.25) is 11.1 Å². The van der Waals surface area contributed by atoms with E-state index in [0.29, 0.717) is 10.8 Å². The number of carbonyl (C=O) groups is 1. The number of anilines is 1. The Bertz CT molecular complexity index is 623. The predicted octanol–water partition coefficient (Wildman–Crippen LogP) is 3.78. The Kier molecular flexibility index (Phi) is 5.64. The number of nitrogens with one attached hydrogen (secondary N) is 1. The summed E-state index contributed by atoms with van der Waals surface area (Å²) in [6.45, 7) is 0. The van der Waals surface area contributed by atoms with Crippen molar-refractivity contribution in [1.82, 2.24) is 9.36 Å². The van der Waals surface area contributed by atoms with Gasteiger partial charge in [-0.3, -0.25) is 4.79 Å². The van der Waals surface area contributed by atoms with Gasteiger partial charge in [-0.15, -0.1) is 0 Å². The summed E-state index contributed by atoms with van der Waals surface area (Å²) in [4.78, 5) is 16.0. The van der Waals surface area contributed by atoms with Gasteiger partial charge in [0.1, 0.15) is 5.82 Å². The molecule has 0 aliphatic carbocycles. The molecule has 0 spiro atoms. The van der Waals surface area contributed by atoms with Crippen LogP contribution in [0.3, 0.4) is 0 Å². The minimum atomic E-state index is -0.444. The SMILES string of the molecule is CSc1nsc(SCC(=O)Nc2ccc(F)cc2Cl)n1. The minimum absolute atomic E-state index is 0.170. The first-order chi connectivity index (χ1) is 9.58. The van der Waals surface area contributed by atoms with Gasteiger partial charge >= 0.3 is 0 Å². The first-order valence-corrected chi connectivity index (χ1v) is 8.70. The monoisotopic (exact) mass is 349 g/mol. The third-order valence-electron chi connectivity index (χ3n) is 2.10. The summed E-state index contributed by atoms with van der Waals surface area (Å²) in [6, 6.07) is 3.82. The first kappa shape index (κ1) is 15.6. The van der Waals surface area contributed by atoms with Gasteiger partial charge in [-0.2, -0.15) is 4.37 Å². The van der Waals surface area contributed by atoms with Crippen LogP contribution in [0.2, 0.25) is 5.02 Å². The molecule has 2 rings (SSSR count). The van der Waals surface area contributed by atoms with Crippen molar-refractivity contribution >= 4 is 58.3 Å². The van der Waals surface area contributed by atoms with E-state index in [0.717, 1.165) is 10.4 Å². The first-order valence-electron chi connectivity index (χ1n) is 5.34. The Labute approximate surface area is 132 Å². The Balaban J connectivity index is 1.89. The summed E-state index contributed by atoms with van der Waals surface area (Å²) in [5.74, 6) is -0.485. The van der Waals surface area contributed by atoms with E-state index >= 15 is 0 Å². The molecule has 4 nitrogen and oxygen atoms in total. The van der Waals surface area contributed by atoms with E-state index in [2.05, 4.69) is 14.7 Å². The van der Waals surface area contributed by atoms with Crippen LogP contribution >= 0.6 is 46.7 Å². The number of benzene rings is 1. The molecule has 1 N–H and O–H groups in total. The van der Waals surface area contributed by atoms with Crippen LogP contribution in [0.15, 0.2) is 27.7 Å². The van der Waals surface area contributed by atoms with E-state index in [-0.39, 0.29) is 16.7 Å². The van der Waals surface area contributed by atoms with Crippen molar-refractivity contribution in [2.45, 2.75) is 9.50 Å². The molecule has 1 amide bonds. The molecule has 0 aliphatic rings. The van der Waals surface area contributed by atoms with Gasteiger partial charge in [-0.1, -0.05) is 35.1 Å². The lowest BCUT2D eigenvalue weighted by atomic mass is 10.3. The maximum atomic E-state index is 12.9. The fourth-order valence-electron chi connectivity index (χ4n) is 1.24. The lowest BCUT2D eigenvalue weighted by molar-refractivity contribution is -0.113. The van der Waals surface area contributed by atoms with Crippen molar-refractivity contribution in [1.29, 1.82) is 0 Å². The van der Waals surface area contributed by atoms with E-state index in [1.54, 1.807) is 0 Å². The number of hydrogen-bond donors (Lipinski definition) is 1. The highest BCUT2D eigenvalue weighted by Crippen LogP contribution is 2.25. The molecule has 1 aromatic carbocycles. The Hall–Kier alpha value is -0.830. The van der Waals surface area contributed by atoms with Crippen LogP contribution < -0.4 is 5.32 Å². The molecule has 1 heterocycles. The second kappa shape index (κ2) is 7.26. The second-order valence-corrected chi connectivity index (χ2v) is 6.66. The highest BCUT2D eigenvalue weighted by Gasteiger charge is 2.10. The summed E-state index contributed by atoms with van der Waals surface area (Å²) in [5, 5.41) is 3.49. The van der Waals surface area contributed by atoms with E-state index in [4.69, 9.17) is 11.6 Å². The summed E-state index contributed by atoms with van der Waals surface area (Å²) in [7, 11) is 0. The fraction of sp³-hybridized carbons (Fsp3) is 0.182. The molecule has 0 saturated heterocycles. The maximum absolute atomic E-state index is 12.9. The molecule has 1 aromatic heterocycles. The number of rotatable bonds is 5. The van der Waals surface area contributed by atoms with Gasteiger partial charge in [0.15, 0.2) is 4.34 Å². The molecule has 0 atom stereocenters. The summed E-state index contributed by atoms with van der Waals surface area (Å²) in [5.41, 5.74) is 0.390. The normalized spacial score (nSPS) is 10.6. The van der Waals surface area contributed by atoms with Crippen LogP contribution in [0, 0.1) is 5.82 Å². The summed E-state index contributed by atoms with van der Waals surface area (Å²) < 4.78 is 17.7. The van der Waals surface area contributed by atoms with Gasteiger partial charge in [0, 0.05) is 0 Å². The predicted molar refractivity (Wildman–Crippen MR) is 82.5 cm³/mol. The zero-order valence-electron chi connectivity index (χ0n) is 10.2. The summed E-state index contributed by atoms with van der Waals surface area (Å²) in [6.07, 6.45) is 1.89. The molecule has 0 bridgehead atoms. The topological polar surface area (TPSA) is 54.9 Å². The average molecular weight is 350 g/mol. The zero-order chi connectivity index (χ0) is 14.5. The number of carbonyl (C=O) groups excluding carboxylic acids is 1. The van der Waals surface area contributed by atoms with E-state index in [1.165, 1.54) is 47.2 Å². The molecule has 0 aliphatic heterocycles. The van der Waals surface area contributed by atoms with Gasteiger partial charge < -0.3 is 5.32 Å². The quantitative estimate of drug-likeness (QED) is 0.832. The molecule has 0 fully saturated rings. The van der Waals surface area contributed by atoms with Crippen LogP contribution in [-0.4, -0.2) is 27.3 Å². The standard InChI is InChI=1S/C11H9ClFN3OS3/c1-18-10-15-11(20-16-10)19-5-9(17)14-8-3-2-6(13)4-7(8)12/h2-4H,5H2,1H3,(H,14,17). The number of aromatic nitrogens is 2. The smallest absolute Gasteiger partial charge is 0.234 e. The van der Waals surface area contributed by atoms with Gasteiger partial charge in [-0.25, -0.2) is 9.37 Å². The summed E-state index contributed by atoms with van der Waals surface area (Å²) >= 11 is 9.83. The second-order valence-electron chi connectivity index (χ2n) is 3.51. The molecule has 106 valence electrons. The molecule has 0 saturated carbocycles. The van der Waals surface area contributed by atoms with Crippen LogP contribution in [-0.2, 0) is 4.79 Å². The zero-order valence-corrected chi connectivity index (χ0v) is 13.4.